The van der Waals surface area contributed by atoms with Crippen LogP contribution in [0.15, 0.2) is 0 Å². The van der Waals surface area contributed by atoms with Crippen LogP contribution in [0.1, 0.15) is 89.9 Å². The van der Waals surface area contributed by atoms with Crippen LogP contribution in [0.5, 0.6) is 0 Å². The van der Waals surface area contributed by atoms with Crippen molar-refractivity contribution in [2.45, 2.75) is 114 Å². The zero-order valence-corrected chi connectivity index (χ0v) is 16.1. The van der Waals surface area contributed by atoms with Crippen LogP contribution in [0.3, 0.4) is 0 Å². The van der Waals surface area contributed by atoms with Crippen LogP contribution in [0, 0.1) is 23.7 Å². The minimum absolute atomic E-state index is 0.392. The summed E-state index contributed by atoms with van der Waals surface area (Å²) in [6.07, 6.45) is 18.0. The van der Waals surface area contributed by atoms with Gasteiger partial charge in [-0.05, 0) is 69.6 Å². The molecule has 146 valence electrons. The Balaban J connectivity index is 1.10. The Labute approximate surface area is 157 Å². The Morgan fingerprint density at radius 2 is 1.27 bits per heavy atom. The molecule has 1 heterocycles. The number of hydrogen-bond acceptors (Lipinski definition) is 4. The van der Waals surface area contributed by atoms with Gasteiger partial charge >= 0.3 is 0 Å². The minimum Gasteiger partial charge on any atom is -0.312 e. The average Bonchev–Trinajstić information content (AvgIpc) is 3.03. The molecule has 0 unspecified atom stereocenters. The lowest BCUT2D eigenvalue weighted by Gasteiger charge is -2.57. The molecule has 6 aliphatic carbocycles. The Morgan fingerprint density at radius 3 is 1.92 bits per heavy atom. The predicted molar refractivity (Wildman–Crippen MR) is 98.0 cm³/mol. The van der Waals surface area contributed by atoms with Gasteiger partial charge in [-0.2, -0.15) is 9.78 Å². The van der Waals surface area contributed by atoms with Crippen molar-refractivity contribution in [3.05, 3.63) is 0 Å². The molecular weight excluding hydrogens is 326 g/mol. The number of hydrogen-bond donors (Lipinski definition) is 1. The summed E-state index contributed by atoms with van der Waals surface area (Å²) in [5.41, 5.74) is 0. The fourth-order valence-corrected chi connectivity index (χ4v) is 7.62. The molecule has 7 fully saturated rings. The molecule has 4 nitrogen and oxygen atoms in total. The van der Waals surface area contributed by atoms with Gasteiger partial charge in [0.15, 0.2) is 0 Å². The van der Waals surface area contributed by atoms with Gasteiger partial charge < -0.3 is 10.1 Å². The molecule has 1 saturated heterocycles. The first-order valence-corrected chi connectivity index (χ1v) is 11.6. The van der Waals surface area contributed by atoms with Crippen molar-refractivity contribution in [3.63, 3.8) is 0 Å². The van der Waals surface area contributed by atoms with E-state index in [1.807, 2.05) is 0 Å². The lowest BCUT2D eigenvalue weighted by molar-refractivity contribution is -0.390. The molecule has 4 heteroatoms. The van der Waals surface area contributed by atoms with Crippen molar-refractivity contribution in [1.29, 1.82) is 0 Å². The van der Waals surface area contributed by atoms with Gasteiger partial charge in [0.2, 0.25) is 11.6 Å². The van der Waals surface area contributed by atoms with Crippen LogP contribution >= 0.6 is 0 Å². The van der Waals surface area contributed by atoms with Crippen molar-refractivity contribution in [3.8, 4) is 0 Å². The smallest absolute Gasteiger partial charge is 0.210 e. The summed E-state index contributed by atoms with van der Waals surface area (Å²) in [6.45, 7) is 0. The molecule has 4 bridgehead atoms. The summed E-state index contributed by atoms with van der Waals surface area (Å²) in [5.74, 6) is 2.19. The Morgan fingerprint density at radius 1 is 0.654 bits per heavy atom. The Hall–Kier alpha value is -0.160. The molecule has 1 N–H and O–H groups in total. The molecule has 0 radical (unpaired) electrons. The minimum atomic E-state index is -0.444. The van der Waals surface area contributed by atoms with Crippen molar-refractivity contribution >= 4 is 0 Å². The lowest BCUT2D eigenvalue weighted by atomic mass is 9.53. The van der Waals surface area contributed by atoms with Crippen molar-refractivity contribution in [2.24, 2.45) is 23.7 Å². The van der Waals surface area contributed by atoms with Gasteiger partial charge in [0.1, 0.15) is 0 Å². The lowest BCUT2D eigenvalue weighted by Crippen LogP contribution is -2.59. The monoisotopic (exact) mass is 361 g/mol. The standard InChI is InChI=1S/C22H35NO3/c1-2-4-19(5-3-1)23-20-6-8-21(9-7-20)24-22(26-25-21)17-11-15-10-16(13-17)14-18(22)12-15/h15-20,23H,1-14H2. The van der Waals surface area contributed by atoms with Gasteiger partial charge in [-0.25, -0.2) is 0 Å². The van der Waals surface area contributed by atoms with E-state index in [1.165, 1.54) is 64.2 Å². The summed E-state index contributed by atoms with van der Waals surface area (Å²) in [5, 5.41) is 3.93. The summed E-state index contributed by atoms with van der Waals surface area (Å²) in [7, 11) is 0. The fourth-order valence-electron chi connectivity index (χ4n) is 7.62. The fraction of sp³-hybridized carbons (Fsp3) is 1.00. The molecule has 1 aliphatic heterocycles. The second-order valence-corrected chi connectivity index (χ2v) is 10.5. The third kappa shape index (κ3) is 2.62. The second kappa shape index (κ2) is 6.17. The quantitative estimate of drug-likeness (QED) is 0.725. The molecule has 7 aliphatic rings. The van der Waals surface area contributed by atoms with Crippen LogP contribution < -0.4 is 5.32 Å². The highest BCUT2D eigenvalue weighted by Crippen LogP contribution is 2.63. The van der Waals surface area contributed by atoms with E-state index < -0.39 is 11.6 Å². The largest absolute Gasteiger partial charge is 0.312 e. The van der Waals surface area contributed by atoms with Crippen molar-refractivity contribution in [1.82, 2.24) is 5.32 Å². The maximum atomic E-state index is 6.82. The van der Waals surface area contributed by atoms with E-state index in [-0.39, 0.29) is 0 Å². The van der Waals surface area contributed by atoms with Crippen LogP contribution in [0.4, 0.5) is 0 Å². The van der Waals surface area contributed by atoms with Gasteiger partial charge in [0.05, 0.1) is 0 Å². The first kappa shape index (κ1) is 16.8. The summed E-state index contributed by atoms with van der Waals surface area (Å²) >= 11 is 0. The molecule has 0 amide bonds. The van der Waals surface area contributed by atoms with E-state index in [0.29, 0.717) is 17.9 Å². The van der Waals surface area contributed by atoms with Crippen LogP contribution in [-0.4, -0.2) is 23.7 Å². The van der Waals surface area contributed by atoms with E-state index in [0.717, 1.165) is 43.6 Å². The molecule has 26 heavy (non-hydrogen) atoms. The number of ether oxygens (including phenoxy) is 1. The SMILES string of the molecule is C1CCC(NC2CCC3(CC2)OOC2(O3)C3CC4CC(C3)CC2C4)CC1. The van der Waals surface area contributed by atoms with E-state index >= 15 is 0 Å². The molecule has 0 aromatic carbocycles. The normalized spacial score (nSPS) is 53.8. The molecule has 2 spiro atoms. The van der Waals surface area contributed by atoms with Gasteiger partial charge in [-0.15, -0.1) is 0 Å². The van der Waals surface area contributed by atoms with Crippen molar-refractivity contribution < 1.29 is 14.5 Å². The highest BCUT2D eigenvalue weighted by Gasteiger charge is 2.66. The molecule has 7 rings (SSSR count). The third-order valence-electron chi connectivity index (χ3n) is 8.77. The zero-order chi connectivity index (χ0) is 17.2. The molecule has 0 aromatic rings. The van der Waals surface area contributed by atoms with Crippen LogP contribution in [0.25, 0.3) is 0 Å². The first-order valence-electron chi connectivity index (χ1n) is 11.6. The van der Waals surface area contributed by atoms with Gasteiger partial charge in [-0.3, -0.25) is 0 Å². The Bertz CT molecular complexity index is 508. The van der Waals surface area contributed by atoms with Gasteiger partial charge in [-0.1, -0.05) is 19.3 Å². The maximum Gasteiger partial charge on any atom is 0.210 e. The highest BCUT2D eigenvalue weighted by molar-refractivity contribution is 5.05. The maximum absolute atomic E-state index is 6.82. The zero-order valence-electron chi connectivity index (χ0n) is 16.1. The number of rotatable bonds is 2. The van der Waals surface area contributed by atoms with Gasteiger partial charge in [0.25, 0.3) is 0 Å². The van der Waals surface area contributed by atoms with E-state index in [2.05, 4.69) is 5.32 Å². The average molecular weight is 362 g/mol. The van der Waals surface area contributed by atoms with E-state index in [4.69, 9.17) is 14.5 Å². The molecule has 0 atom stereocenters. The molecular formula is C22H35NO3. The molecule has 0 aromatic heterocycles. The number of nitrogens with one attached hydrogen (secondary N) is 1. The molecule has 6 saturated carbocycles. The topological polar surface area (TPSA) is 39.7 Å². The summed E-state index contributed by atoms with van der Waals surface area (Å²) in [6, 6.07) is 1.39. The van der Waals surface area contributed by atoms with Crippen LogP contribution in [0.2, 0.25) is 0 Å². The summed E-state index contributed by atoms with van der Waals surface area (Å²) in [4.78, 5) is 12.2. The first-order chi connectivity index (χ1) is 12.7. The second-order valence-electron chi connectivity index (χ2n) is 10.5. The third-order valence-corrected chi connectivity index (χ3v) is 8.77. The Kier molecular flexibility index (Phi) is 3.98. The van der Waals surface area contributed by atoms with Crippen molar-refractivity contribution in [2.75, 3.05) is 0 Å². The van der Waals surface area contributed by atoms with Crippen LogP contribution in [-0.2, 0) is 14.5 Å². The summed E-state index contributed by atoms with van der Waals surface area (Å²) < 4.78 is 6.82. The predicted octanol–water partition coefficient (Wildman–Crippen LogP) is 4.68. The van der Waals surface area contributed by atoms with Gasteiger partial charge in [0, 0.05) is 36.8 Å². The van der Waals surface area contributed by atoms with E-state index in [9.17, 15) is 0 Å². The highest BCUT2D eigenvalue weighted by atomic mass is 17.3. The van der Waals surface area contributed by atoms with E-state index in [1.54, 1.807) is 0 Å².